The fourth-order valence-electron chi connectivity index (χ4n) is 3.44. The number of hydrogen-bond donors (Lipinski definition) is 1. The van der Waals surface area contributed by atoms with Crippen LogP contribution in [0.5, 0.6) is 0 Å². The first-order valence-corrected chi connectivity index (χ1v) is 9.30. The molecule has 3 aromatic heterocycles. The number of carbonyl (C=O) groups is 1. The third-order valence-corrected chi connectivity index (χ3v) is 4.95. The first kappa shape index (κ1) is 18.7. The number of pyridine rings is 1. The number of benzene rings is 1. The molecule has 0 radical (unpaired) electrons. The SMILES string of the molecule is CCCc1cnc2c(c1NC(=O)c1cc3ccccc3o1)c(=O)n(C)c(=O)n2C. The fourth-order valence-corrected chi connectivity index (χ4v) is 3.44. The Labute approximate surface area is 165 Å². The Balaban J connectivity index is 1.91. The second kappa shape index (κ2) is 7.05. The smallest absolute Gasteiger partial charge is 0.332 e. The number of carbonyl (C=O) groups excluding carboxylic acids is 1. The van der Waals surface area contributed by atoms with Crippen LogP contribution in [0.3, 0.4) is 0 Å². The van der Waals surface area contributed by atoms with Crippen LogP contribution in [0.1, 0.15) is 29.5 Å². The minimum absolute atomic E-state index is 0.139. The number of rotatable bonds is 4. The van der Waals surface area contributed by atoms with Crippen molar-refractivity contribution in [2.24, 2.45) is 14.1 Å². The molecule has 8 heteroatoms. The average molecular weight is 392 g/mol. The largest absolute Gasteiger partial charge is 0.451 e. The van der Waals surface area contributed by atoms with E-state index in [1.54, 1.807) is 25.4 Å². The highest BCUT2D eigenvalue weighted by molar-refractivity contribution is 6.09. The molecule has 29 heavy (non-hydrogen) atoms. The summed E-state index contributed by atoms with van der Waals surface area (Å²) in [6, 6.07) is 8.97. The Kier molecular flexibility index (Phi) is 4.54. The highest BCUT2D eigenvalue weighted by Gasteiger charge is 2.20. The molecule has 0 aliphatic carbocycles. The van der Waals surface area contributed by atoms with Crippen molar-refractivity contribution in [3.63, 3.8) is 0 Å². The predicted molar refractivity (Wildman–Crippen MR) is 110 cm³/mol. The average Bonchev–Trinajstić information content (AvgIpc) is 3.16. The maximum absolute atomic E-state index is 12.9. The predicted octanol–water partition coefficient (Wildman–Crippen LogP) is 2.58. The van der Waals surface area contributed by atoms with Gasteiger partial charge in [-0.2, -0.15) is 0 Å². The van der Waals surface area contributed by atoms with Gasteiger partial charge in [0.15, 0.2) is 11.4 Å². The van der Waals surface area contributed by atoms with Gasteiger partial charge < -0.3 is 9.73 Å². The molecule has 1 amide bonds. The minimum Gasteiger partial charge on any atom is -0.451 e. The zero-order chi connectivity index (χ0) is 20.7. The molecular formula is C21H20N4O4. The Bertz CT molecular complexity index is 1340. The molecule has 3 heterocycles. The second-order valence-electron chi connectivity index (χ2n) is 6.92. The summed E-state index contributed by atoms with van der Waals surface area (Å²) in [6.07, 6.45) is 3.01. The number of para-hydroxylation sites is 1. The molecular weight excluding hydrogens is 372 g/mol. The van der Waals surface area contributed by atoms with Crippen LogP contribution in [-0.4, -0.2) is 20.0 Å². The molecule has 8 nitrogen and oxygen atoms in total. The molecule has 0 saturated carbocycles. The zero-order valence-electron chi connectivity index (χ0n) is 16.4. The second-order valence-corrected chi connectivity index (χ2v) is 6.92. The Morgan fingerprint density at radius 3 is 2.66 bits per heavy atom. The maximum Gasteiger partial charge on any atom is 0.332 e. The highest BCUT2D eigenvalue weighted by Crippen LogP contribution is 2.26. The molecule has 1 aromatic carbocycles. The number of hydrogen-bond acceptors (Lipinski definition) is 5. The monoisotopic (exact) mass is 392 g/mol. The van der Waals surface area contributed by atoms with Crippen molar-refractivity contribution in [3.05, 3.63) is 68.7 Å². The first-order chi connectivity index (χ1) is 13.9. The van der Waals surface area contributed by atoms with Crippen LogP contribution in [0.4, 0.5) is 5.69 Å². The lowest BCUT2D eigenvalue weighted by Gasteiger charge is -2.14. The number of anilines is 1. The van der Waals surface area contributed by atoms with Gasteiger partial charge in [0.2, 0.25) is 0 Å². The molecule has 0 aliphatic heterocycles. The van der Waals surface area contributed by atoms with Crippen molar-refractivity contribution in [1.29, 1.82) is 0 Å². The van der Waals surface area contributed by atoms with E-state index in [2.05, 4.69) is 10.3 Å². The fraction of sp³-hybridized carbons (Fsp3) is 0.238. The van der Waals surface area contributed by atoms with E-state index < -0.39 is 17.2 Å². The van der Waals surface area contributed by atoms with Gasteiger partial charge in [-0.1, -0.05) is 31.5 Å². The summed E-state index contributed by atoms with van der Waals surface area (Å²) in [4.78, 5) is 42.4. The van der Waals surface area contributed by atoms with E-state index in [1.165, 1.54) is 11.6 Å². The molecule has 0 fully saturated rings. The number of nitrogens with zero attached hydrogens (tertiary/aromatic N) is 3. The van der Waals surface area contributed by atoms with Gasteiger partial charge in [0.1, 0.15) is 11.0 Å². The van der Waals surface area contributed by atoms with Crippen LogP contribution in [-0.2, 0) is 20.5 Å². The zero-order valence-corrected chi connectivity index (χ0v) is 16.4. The maximum atomic E-state index is 12.9. The molecule has 0 saturated heterocycles. The Hall–Kier alpha value is -3.68. The van der Waals surface area contributed by atoms with Gasteiger partial charge in [0.25, 0.3) is 11.5 Å². The van der Waals surface area contributed by atoms with Crippen molar-refractivity contribution in [3.8, 4) is 0 Å². The summed E-state index contributed by atoms with van der Waals surface area (Å²) in [5.41, 5.74) is 0.919. The third kappa shape index (κ3) is 3.02. The van der Waals surface area contributed by atoms with Crippen LogP contribution < -0.4 is 16.6 Å². The lowest BCUT2D eigenvalue weighted by molar-refractivity contribution is 0.0998. The molecule has 1 N–H and O–H groups in total. The number of aryl methyl sites for hydroxylation is 2. The van der Waals surface area contributed by atoms with Gasteiger partial charge in [-0.15, -0.1) is 0 Å². The molecule has 0 aliphatic rings. The van der Waals surface area contributed by atoms with Crippen LogP contribution >= 0.6 is 0 Å². The van der Waals surface area contributed by atoms with Crippen molar-refractivity contribution >= 4 is 33.6 Å². The molecule has 0 unspecified atom stereocenters. The molecule has 4 rings (SSSR count). The van der Waals surface area contributed by atoms with E-state index in [-0.39, 0.29) is 16.8 Å². The summed E-state index contributed by atoms with van der Waals surface area (Å²) in [7, 11) is 2.95. The molecule has 4 aromatic rings. The van der Waals surface area contributed by atoms with Crippen molar-refractivity contribution in [1.82, 2.24) is 14.1 Å². The van der Waals surface area contributed by atoms with Crippen molar-refractivity contribution in [2.45, 2.75) is 19.8 Å². The van der Waals surface area contributed by atoms with Crippen molar-refractivity contribution < 1.29 is 9.21 Å². The number of fused-ring (bicyclic) bond motifs is 2. The van der Waals surface area contributed by atoms with Gasteiger partial charge >= 0.3 is 5.69 Å². The van der Waals surface area contributed by atoms with Crippen LogP contribution in [0, 0.1) is 0 Å². The lowest BCUT2D eigenvalue weighted by Crippen LogP contribution is -2.38. The van der Waals surface area contributed by atoms with Gasteiger partial charge in [-0.25, -0.2) is 9.78 Å². The summed E-state index contributed by atoms with van der Waals surface area (Å²) in [5.74, 6) is -0.331. The van der Waals surface area contributed by atoms with Gasteiger partial charge in [0, 0.05) is 25.7 Å². The highest BCUT2D eigenvalue weighted by atomic mass is 16.3. The van der Waals surface area contributed by atoms with E-state index >= 15 is 0 Å². The number of furan rings is 1. The first-order valence-electron chi connectivity index (χ1n) is 9.30. The standard InChI is InChI=1S/C21H20N4O4/c1-4-7-13-11-22-18-16(20(27)25(3)21(28)24(18)2)17(13)23-19(26)15-10-12-8-5-6-9-14(12)29-15/h5-6,8-11H,4,7H2,1-3H3,(H,22,23,26). The lowest BCUT2D eigenvalue weighted by atomic mass is 10.1. The normalized spacial score (nSPS) is 11.3. The number of aromatic nitrogens is 3. The number of amides is 1. The quantitative estimate of drug-likeness (QED) is 0.575. The molecule has 0 bridgehead atoms. The van der Waals surface area contributed by atoms with Crippen LogP contribution in [0.2, 0.25) is 0 Å². The molecule has 148 valence electrons. The molecule has 0 spiro atoms. The van der Waals surface area contributed by atoms with E-state index in [9.17, 15) is 14.4 Å². The van der Waals surface area contributed by atoms with E-state index in [0.717, 1.165) is 21.9 Å². The van der Waals surface area contributed by atoms with Gasteiger partial charge in [0.05, 0.1) is 5.69 Å². The number of nitrogens with one attached hydrogen (secondary N) is 1. The van der Waals surface area contributed by atoms with E-state index in [1.807, 2.05) is 25.1 Å². The van der Waals surface area contributed by atoms with E-state index in [0.29, 0.717) is 17.7 Å². The topological polar surface area (TPSA) is 99.1 Å². The van der Waals surface area contributed by atoms with Crippen LogP contribution in [0.15, 0.2) is 50.5 Å². The van der Waals surface area contributed by atoms with Gasteiger partial charge in [-0.3, -0.25) is 18.7 Å². The van der Waals surface area contributed by atoms with Gasteiger partial charge in [-0.05, 0) is 24.1 Å². The summed E-state index contributed by atoms with van der Waals surface area (Å²) in [5, 5.41) is 3.84. The summed E-state index contributed by atoms with van der Waals surface area (Å²) < 4.78 is 7.95. The summed E-state index contributed by atoms with van der Waals surface area (Å²) >= 11 is 0. The Morgan fingerprint density at radius 2 is 1.93 bits per heavy atom. The van der Waals surface area contributed by atoms with Crippen LogP contribution in [0.25, 0.3) is 22.0 Å². The van der Waals surface area contributed by atoms with E-state index in [4.69, 9.17) is 4.42 Å². The Morgan fingerprint density at radius 1 is 1.17 bits per heavy atom. The van der Waals surface area contributed by atoms with Crippen molar-refractivity contribution in [2.75, 3.05) is 5.32 Å². The summed E-state index contributed by atoms with van der Waals surface area (Å²) in [6.45, 7) is 1.99. The molecule has 0 atom stereocenters. The minimum atomic E-state index is -0.506. The third-order valence-electron chi connectivity index (χ3n) is 4.95.